The number of benzene rings is 2. The molecular formula is C23H27N3S. The summed E-state index contributed by atoms with van der Waals surface area (Å²) in [4.78, 5) is 10.5. The van der Waals surface area contributed by atoms with Crippen LogP contribution in [0, 0.1) is 0 Å². The monoisotopic (exact) mass is 377 g/mol. The molecule has 0 aromatic heterocycles. The maximum atomic E-state index is 5.14. The van der Waals surface area contributed by atoms with Crippen LogP contribution >= 0.6 is 11.8 Å². The van der Waals surface area contributed by atoms with Gasteiger partial charge in [-0.15, -0.1) is 0 Å². The van der Waals surface area contributed by atoms with E-state index in [1.807, 2.05) is 11.8 Å². The Kier molecular flexibility index (Phi) is 4.70. The average Bonchev–Trinajstić information content (AvgIpc) is 3.36. The minimum absolute atomic E-state index is 0.0917. The van der Waals surface area contributed by atoms with Crippen LogP contribution in [0.4, 0.5) is 11.4 Å². The van der Waals surface area contributed by atoms with Crippen LogP contribution in [0.3, 0.4) is 0 Å². The summed E-state index contributed by atoms with van der Waals surface area (Å²) in [5.74, 6) is 0. The van der Waals surface area contributed by atoms with Gasteiger partial charge >= 0.3 is 0 Å². The van der Waals surface area contributed by atoms with E-state index in [-0.39, 0.29) is 5.66 Å². The Morgan fingerprint density at radius 3 is 2.30 bits per heavy atom. The van der Waals surface area contributed by atoms with Crippen LogP contribution in [-0.2, 0) is 0 Å². The second-order valence-electron chi connectivity index (χ2n) is 7.83. The minimum atomic E-state index is 0.0917. The molecule has 27 heavy (non-hydrogen) atoms. The summed E-state index contributed by atoms with van der Waals surface area (Å²) < 4.78 is 0. The van der Waals surface area contributed by atoms with Crippen LogP contribution in [0.25, 0.3) is 0 Å². The van der Waals surface area contributed by atoms with Crippen molar-refractivity contribution in [3.8, 4) is 0 Å². The summed E-state index contributed by atoms with van der Waals surface area (Å²) >= 11 is 2.01. The summed E-state index contributed by atoms with van der Waals surface area (Å²) in [6, 6.07) is 21.4. The molecule has 3 fully saturated rings. The first-order valence-electron chi connectivity index (χ1n) is 10.3. The SMILES string of the molecule is c1ccc(N=C2SC3CCCCC3(N3CCCC3)N2c2ccccc2)cc1. The van der Waals surface area contributed by atoms with Gasteiger partial charge in [0.1, 0.15) is 5.66 Å². The van der Waals surface area contributed by atoms with E-state index in [1.165, 1.54) is 62.5 Å². The molecule has 5 rings (SSSR count). The van der Waals surface area contributed by atoms with Gasteiger partial charge in [-0.05, 0) is 56.4 Å². The largest absolute Gasteiger partial charge is 0.301 e. The summed E-state index contributed by atoms with van der Waals surface area (Å²) in [7, 11) is 0. The molecule has 2 aromatic carbocycles. The molecule has 1 aliphatic carbocycles. The zero-order valence-electron chi connectivity index (χ0n) is 15.8. The number of fused-ring (bicyclic) bond motifs is 1. The number of para-hydroxylation sites is 2. The summed E-state index contributed by atoms with van der Waals surface area (Å²) in [6.07, 6.45) is 7.84. The van der Waals surface area contributed by atoms with Crippen molar-refractivity contribution < 1.29 is 0 Å². The van der Waals surface area contributed by atoms with Gasteiger partial charge in [0, 0.05) is 24.0 Å². The van der Waals surface area contributed by atoms with E-state index in [9.17, 15) is 0 Å². The van der Waals surface area contributed by atoms with Crippen molar-refractivity contribution in [2.75, 3.05) is 18.0 Å². The number of hydrogen-bond donors (Lipinski definition) is 0. The van der Waals surface area contributed by atoms with Crippen molar-refractivity contribution in [3.63, 3.8) is 0 Å². The number of thioether (sulfide) groups is 1. The molecule has 0 spiro atoms. The normalized spacial score (nSPS) is 30.0. The van der Waals surface area contributed by atoms with E-state index in [2.05, 4.69) is 70.5 Å². The van der Waals surface area contributed by atoms with E-state index >= 15 is 0 Å². The maximum absolute atomic E-state index is 5.14. The van der Waals surface area contributed by atoms with Gasteiger partial charge in [0.25, 0.3) is 0 Å². The fourth-order valence-electron chi connectivity index (χ4n) is 5.07. The number of nitrogens with zero attached hydrogens (tertiary/aromatic N) is 3. The number of anilines is 1. The van der Waals surface area contributed by atoms with Crippen molar-refractivity contribution in [1.29, 1.82) is 0 Å². The van der Waals surface area contributed by atoms with Gasteiger partial charge in [-0.3, -0.25) is 4.90 Å². The highest BCUT2D eigenvalue weighted by atomic mass is 32.2. The third kappa shape index (κ3) is 2.99. The number of likely N-dealkylation sites (tertiary alicyclic amines) is 1. The van der Waals surface area contributed by atoms with Crippen LogP contribution < -0.4 is 4.90 Å². The Hall–Kier alpha value is -1.78. The average molecular weight is 378 g/mol. The lowest BCUT2D eigenvalue weighted by Crippen LogP contribution is -2.63. The van der Waals surface area contributed by atoms with Gasteiger partial charge in [0.05, 0.1) is 5.69 Å². The Morgan fingerprint density at radius 1 is 0.852 bits per heavy atom. The Morgan fingerprint density at radius 2 is 1.56 bits per heavy atom. The van der Waals surface area contributed by atoms with E-state index in [1.54, 1.807) is 0 Å². The second kappa shape index (κ2) is 7.33. The Balaban J connectivity index is 1.65. The molecule has 1 saturated carbocycles. The lowest BCUT2D eigenvalue weighted by Gasteiger charge is -2.50. The molecule has 0 radical (unpaired) electrons. The van der Waals surface area contributed by atoms with Crippen LogP contribution in [0.5, 0.6) is 0 Å². The fraction of sp³-hybridized carbons (Fsp3) is 0.435. The van der Waals surface area contributed by atoms with E-state index in [0.29, 0.717) is 5.25 Å². The minimum Gasteiger partial charge on any atom is -0.301 e. The molecular weight excluding hydrogens is 350 g/mol. The van der Waals surface area contributed by atoms with Gasteiger partial charge in [-0.2, -0.15) is 0 Å². The standard InChI is InChI=1S/C23H27N3S/c1-3-11-19(12-4-1)24-22-26(20-13-5-2-6-14-20)23(25-17-9-10-18-25)16-8-7-15-21(23)27-22/h1-6,11-14,21H,7-10,15-18H2. The van der Waals surface area contributed by atoms with Crippen molar-refractivity contribution >= 4 is 28.3 Å². The molecule has 2 saturated heterocycles. The number of aliphatic imine (C=N–C) groups is 1. The maximum Gasteiger partial charge on any atom is 0.170 e. The molecule has 2 heterocycles. The van der Waals surface area contributed by atoms with Crippen molar-refractivity contribution in [2.45, 2.75) is 49.4 Å². The van der Waals surface area contributed by atoms with Gasteiger partial charge in [0.15, 0.2) is 5.17 Å². The van der Waals surface area contributed by atoms with Crippen LogP contribution in [0.2, 0.25) is 0 Å². The van der Waals surface area contributed by atoms with E-state index < -0.39 is 0 Å². The number of amidine groups is 1. The van der Waals surface area contributed by atoms with Crippen LogP contribution in [0.15, 0.2) is 65.7 Å². The zero-order valence-corrected chi connectivity index (χ0v) is 16.6. The first-order valence-corrected chi connectivity index (χ1v) is 11.2. The van der Waals surface area contributed by atoms with Gasteiger partial charge in [-0.1, -0.05) is 54.6 Å². The second-order valence-corrected chi connectivity index (χ2v) is 9.00. The zero-order chi connectivity index (χ0) is 18.1. The topological polar surface area (TPSA) is 18.8 Å². The molecule has 2 aliphatic heterocycles. The first kappa shape index (κ1) is 17.3. The molecule has 140 valence electrons. The third-order valence-electron chi connectivity index (χ3n) is 6.25. The van der Waals surface area contributed by atoms with Crippen LogP contribution in [0.1, 0.15) is 38.5 Å². The summed E-state index contributed by atoms with van der Waals surface area (Å²) in [6.45, 7) is 2.44. The van der Waals surface area contributed by atoms with E-state index in [4.69, 9.17) is 4.99 Å². The fourth-order valence-corrected chi connectivity index (χ4v) is 6.70. The van der Waals surface area contributed by atoms with Gasteiger partial charge < -0.3 is 4.90 Å². The molecule has 3 aliphatic rings. The molecule has 3 nitrogen and oxygen atoms in total. The lowest BCUT2D eigenvalue weighted by atomic mass is 9.85. The van der Waals surface area contributed by atoms with Crippen LogP contribution in [-0.4, -0.2) is 34.1 Å². The molecule has 2 atom stereocenters. The summed E-state index contributed by atoms with van der Waals surface area (Å²) in [5.41, 5.74) is 2.43. The molecule has 4 heteroatoms. The Labute approximate surface area is 166 Å². The predicted octanol–water partition coefficient (Wildman–Crippen LogP) is 5.66. The quantitative estimate of drug-likeness (QED) is 0.687. The molecule has 0 N–H and O–H groups in total. The smallest absolute Gasteiger partial charge is 0.170 e. The van der Waals surface area contributed by atoms with Crippen molar-refractivity contribution in [1.82, 2.24) is 4.90 Å². The molecule has 2 aromatic rings. The number of rotatable bonds is 3. The summed E-state index contributed by atoms with van der Waals surface area (Å²) in [5, 5.41) is 1.78. The molecule has 2 unspecified atom stereocenters. The first-order chi connectivity index (χ1) is 13.4. The molecule has 0 bridgehead atoms. The highest BCUT2D eigenvalue weighted by Gasteiger charge is 2.57. The lowest BCUT2D eigenvalue weighted by molar-refractivity contribution is 0.0928. The Bertz CT molecular complexity index is 801. The highest BCUT2D eigenvalue weighted by molar-refractivity contribution is 8.15. The molecule has 0 amide bonds. The van der Waals surface area contributed by atoms with Gasteiger partial charge in [-0.25, -0.2) is 4.99 Å². The van der Waals surface area contributed by atoms with Gasteiger partial charge in [0.2, 0.25) is 0 Å². The number of hydrogen-bond acceptors (Lipinski definition) is 3. The van der Waals surface area contributed by atoms with Crippen molar-refractivity contribution in [3.05, 3.63) is 60.7 Å². The third-order valence-corrected chi connectivity index (χ3v) is 7.63. The van der Waals surface area contributed by atoms with Crippen molar-refractivity contribution in [2.24, 2.45) is 4.99 Å². The highest BCUT2D eigenvalue weighted by Crippen LogP contribution is 2.53. The van der Waals surface area contributed by atoms with E-state index in [0.717, 1.165) is 5.69 Å². The predicted molar refractivity (Wildman–Crippen MR) is 116 cm³/mol.